The number of benzene rings is 1. The highest BCUT2D eigenvalue weighted by atomic mass is 16.2. The number of carbonyl (C=O) groups is 1. The minimum atomic E-state index is 0.00635. The van der Waals surface area contributed by atoms with Gasteiger partial charge < -0.3 is 10.6 Å². The molecule has 0 atom stereocenters. The number of hydrogen-bond acceptors (Lipinski definition) is 5. The summed E-state index contributed by atoms with van der Waals surface area (Å²) in [6.45, 7) is 5.13. The van der Waals surface area contributed by atoms with E-state index in [1.54, 1.807) is 13.1 Å². The average Bonchev–Trinajstić information content (AvgIpc) is 3.05. The van der Waals surface area contributed by atoms with Crippen LogP contribution in [0.25, 0.3) is 0 Å². The second kappa shape index (κ2) is 6.44. The van der Waals surface area contributed by atoms with Gasteiger partial charge in [0.2, 0.25) is 5.95 Å². The Morgan fingerprint density at radius 3 is 2.36 bits per heavy atom. The van der Waals surface area contributed by atoms with Gasteiger partial charge >= 0.3 is 0 Å². The fraction of sp³-hybridized carbons (Fsp3) is 0.421. The van der Waals surface area contributed by atoms with Crippen LogP contribution >= 0.6 is 0 Å². The van der Waals surface area contributed by atoms with E-state index < -0.39 is 0 Å². The molecular weight excluding hydrogens is 314 g/mol. The van der Waals surface area contributed by atoms with Gasteiger partial charge in [0.1, 0.15) is 0 Å². The molecule has 4 rings (SSSR count). The van der Waals surface area contributed by atoms with E-state index in [4.69, 9.17) is 5.73 Å². The second-order valence-electron chi connectivity index (χ2n) is 6.89. The van der Waals surface area contributed by atoms with Gasteiger partial charge in [-0.1, -0.05) is 24.3 Å². The molecule has 1 aromatic heterocycles. The van der Waals surface area contributed by atoms with Gasteiger partial charge in [-0.25, -0.2) is 9.97 Å². The number of amides is 1. The summed E-state index contributed by atoms with van der Waals surface area (Å²) < 4.78 is 0. The maximum absolute atomic E-state index is 12.7. The number of anilines is 1. The summed E-state index contributed by atoms with van der Waals surface area (Å²) in [5, 5.41) is 0. The molecule has 0 saturated carbocycles. The number of nitrogen functional groups attached to an aromatic ring is 1. The summed E-state index contributed by atoms with van der Waals surface area (Å²) in [5.74, 6) is 0.214. The van der Waals surface area contributed by atoms with E-state index in [0.29, 0.717) is 17.3 Å². The molecule has 1 saturated heterocycles. The first-order valence-electron chi connectivity index (χ1n) is 8.81. The van der Waals surface area contributed by atoms with Crippen molar-refractivity contribution in [3.63, 3.8) is 0 Å². The van der Waals surface area contributed by atoms with E-state index >= 15 is 0 Å². The van der Waals surface area contributed by atoms with Crippen molar-refractivity contribution in [1.29, 1.82) is 0 Å². The smallest absolute Gasteiger partial charge is 0.257 e. The largest absolute Gasteiger partial charge is 0.368 e. The highest BCUT2D eigenvalue weighted by molar-refractivity contribution is 5.95. The summed E-state index contributed by atoms with van der Waals surface area (Å²) in [5.41, 5.74) is 9.72. The average molecular weight is 337 g/mol. The Labute approximate surface area is 147 Å². The minimum Gasteiger partial charge on any atom is -0.368 e. The summed E-state index contributed by atoms with van der Waals surface area (Å²) >= 11 is 0. The Kier molecular flexibility index (Phi) is 4.13. The van der Waals surface area contributed by atoms with Gasteiger partial charge in [-0.3, -0.25) is 9.69 Å². The van der Waals surface area contributed by atoms with Crippen molar-refractivity contribution in [3.05, 3.63) is 52.8 Å². The van der Waals surface area contributed by atoms with Crippen LogP contribution < -0.4 is 5.73 Å². The molecule has 2 heterocycles. The number of piperazine rings is 1. The fourth-order valence-corrected chi connectivity index (χ4v) is 3.95. The molecule has 1 aliphatic carbocycles. The van der Waals surface area contributed by atoms with Crippen LogP contribution in [0.2, 0.25) is 0 Å². The third-order valence-electron chi connectivity index (χ3n) is 5.38. The molecule has 1 aliphatic heterocycles. The van der Waals surface area contributed by atoms with Crippen LogP contribution in [-0.4, -0.2) is 57.9 Å². The lowest BCUT2D eigenvalue weighted by atomic mass is 10.1. The molecule has 2 aromatic rings. The number of aryl methyl sites for hydroxylation is 1. The molecule has 6 heteroatoms. The maximum atomic E-state index is 12.7. The van der Waals surface area contributed by atoms with Crippen molar-refractivity contribution in [1.82, 2.24) is 19.8 Å². The third-order valence-corrected chi connectivity index (χ3v) is 5.38. The highest BCUT2D eigenvalue weighted by Crippen LogP contribution is 2.26. The molecule has 2 aliphatic rings. The van der Waals surface area contributed by atoms with Crippen LogP contribution in [0.4, 0.5) is 5.95 Å². The molecular formula is C19H23N5O. The third kappa shape index (κ3) is 3.09. The normalized spacial score (nSPS) is 18.4. The number of fused-ring (bicyclic) bond motifs is 1. The van der Waals surface area contributed by atoms with Crippen molar-refractivity contribution in [3.8, 4) is 0 Å². The summed E-state index contributed by atoms with van der Waals surface area (Å²) in [7, 11) is 0. The highest BCUT2D eigenvalue weighted by Gasteiger charge is 2.30. The fourth-order valence-electron chi connectivity index (χ4n) is 3.95. The Balaban J connectivity index is 1.38. The summed E-state index contributed by atoms with van der Waals surface area (Å²) in [6, 6.07) is 9.28. The van der Waals surface area contributed by atoms with E-state index in [1.807, 2.05) is 4.90 Å². The quantitative estimate of drug-likeness (QED) is 0.894. The zero-order valence-electron chi connectivity index (χ0n) is 14.5. The first-order valence-corrected chi connectivity index (χ1v) is 8.81. The molecule has 0 radical (unpaired) electrons. The topological polar surface area (TPSA) is 75.3 Å². The van der Waals surface area contributed by atoms with Crippen LogP contribution in [-0.2, 0) is 12.8 Å². The second-order valence-corrected chi connectivity index (χ2v) is 6.89. The van der Waals surface area contributed by atoms with E-state index in [9.17, 15) is 4.79 Å². The Hall–Kier alpha value is -2.47. The van der Waals surface area contributed by atoms with E-state index in [2.05, 4.69) is 39.1 Å². The summed E-state index contributed by atoms with van der Waals surface area (Å²) in [6.07, 6.45) is 3.78. The van der Waals surface area contributed by atoms with Crippen LogP contribution in [0, 0.1) is 6.92 Å². The monoisotopic (exact) mass is 337 g/mol. The Morgan fingerprint density at radius 2 is 1.76 bits per heavy atom. The number of carbonyl (C=O) groups excluding carboxylic acids is 1. The zero-order chi connectivity index (χ0) is 17.4. The molecule has 6 nitrogen and oxygen atoms in total. The SMILES string of the molecule is Cc1nc(N)ncc1C(=O)N1CCN(C2Cc3ccccc3C2)CC1. The number of nitrogens with two attached hydrogens (primary N) is 1. The zero-order valence-corrected chi connectivity index (χ0v) is 14.5. The molecule has 25 heavy (non-hydrogen) atoms. The lowest BCUT2D eigenvalue weighted by Crippen LogP contribution is -2.52. The molecule has 1 fully saturated rings. The standard InChI is InChI=1S/C19H23N5O/c1-13-17(12-21-19(20)22-13)18(25)24-8-6-23(7-9-24)16-10-14-4-2-3-5-15(14)11-16/h2-5,12,16H,6-11H2,1H3,(H2,20,21,22). The van der Waals surface area contributed by atoms with Crippen LogP contribution in [0.15, 0.2) is 30.5 Å². The van der Waals surface area contributed by atoms with Crippen molar-refractivity contribution in [2.75, 3.05) is 31.9 Å². The number of hydrogen-bond donors (Lipinski definition) is 1. The van der Waals surface area contributed by atoms with Crippen molar-refractivity contribution < 1.29 is 4.79 Å². The molecule has 0 spiro atoms. The molecule has 130 valence electrons. The molecule has 2 N–H and O–H groups in total. The van der Waals surface area contributed by atoms with E-state index in [0.717, 1.165) is 39.0 Å². The summed E-state index contributed by atoms with van der Waals surface area (Å²) in [4.78, 5) is 25.2. The van der Waals surface area contributed by atoms with Gasteiger partial charge in [0.05, 0.1) is 11.3 Å². The number of rotatable bonds is 2. The van der Waals surface area contributed by atoms with Gasteiger partial charge in [0.15, 0.2) is 0 Å². The van der Waals surface area contributed by atoms with E-state index in [-0.39, 0.29) is 11.9 Å². The van der Waals surface area contributed by atoms with E-state index in [1.165, 1.54) is 11.1 Å². The number of nitrogens with zero attached hydrogens (tertiary/aromatic N) is 4. The Morgan fingerprint density at radius 1 is 1.12 bits per heavy atom. The van der Waals surface area contributed by atoms with Crippen LogP contribution in [0.3, 0.4) is 0 Å². The van der Waals surface area contributed by atoms with Gasteiger partial charge in [0.25, 0.3) is 5.91 Å². The van der Waals surface area contributed by atoms with Crippen molar-refractivity contribution >= 4 is 11.9 Å². The Bertz CT molecular complexity index is 773. The predicted octanol–water partition coefficient (Wildman–Crippen LogP) is 1.29. The lowest BCUT2D eigenvalue weighted by Gasteiger charge is -2.38. The van der Waals surface area contributed by atoms with Crippen molar-refractivity contribution in [2.45, 2.75) is 25.8 Å². The molecule has 0 bridgehead atoms. The van der Waals surface area contributed by atoms with Gasteiger partial charge in [-0.15, -0.1) is 0 Å². The first-order chi connectivity index (χ1) is 12.1. The lowest BCUT2D eigenvalue weighted by molar-refractivity contribution is 0.0574. The minimum absolute atomic E-state index is 0.00635. The molecule has 0 unspecified atom stereocenters. The molecule has 1 aromatic carbocycles. The van der Waals surface area contributed by atoms with Gasteiger partial charge in [0, 0.05) is 38.4 Å². The first kappa shape index (κ1) is 16.0. The number of aromatic nitrogens is 2. The van der Waals surface area contributed by atoms with Crippen molar-refractivity contribution in [2.24, 2.45) is 0 Å². The predicted molar refractivity (Wildman–Crippen MR) is 96.3 cm³/mol. The molecule has 1 amide bonds. The van der Waals surface area contributed by atoms with Gasteiger partial charge in [-0.05, 0) is 30.9 Å². The van der Waals surface area contributed by atoms with Crippen LogP contribution in [0.5, 0.6) is 0 Å². The van der Waals surface area contributed by atoms with Crippen LogP contribution in [0.1, 0.15) is 27.2 Å². The maximum Gasteiger partial charge on any atom is 0.257 e. The van der Waals surface area contributed by atoms with Gasteiger partial charge in [-0.2, -0.15) is 0 Å².